The van der Waals surface area contributed by atoms with Gasteiger partial charge < -0.3 is 14.9 Å². The topological polar surface area (TPSA) is 105 Å². The number of carboxylic acids is 2. The molecule has 0 amide bonds. The molecule has 1 fully saturated rings. The maximum Gasteiger partial charge on any atom is 0.414 e. The minimum Gasteiger partial charge on any atom is -0.473 e. The summed E-state index contributed by atoms with van der Waals surface area (Å²) in [4.78, 5) is 20.7. The molecule has 2 N–H and O–H groups in total. The Labute approximate surface area is 173 Å². The van der Waals surface area contributed by atoms with Gasteiger partial charge in [-0.1, -0.05) is 0 Å². The van der Waals surface area contributed by atoms with Crippen LogP contribution in [0.15, 0.2) is 30.5 Å². The third-order valence-electron chi connectivity index (χ3n) is 5.46. The van der Waals surface area contributed by atoms with Crippen molar-refractivity contribution >= 4 is 11.9 Å². The van der Waals surface area contributed by atoms with Crippen molar-refractivity contribution in [1.82, 2.24) is 14.7 Å². The van der Waals surface area contributed by atoms with Crippen molar-refractivity contribution in [3.8, 4) is 5.69 Å². The van der Waals surface area contributed by atoms with Crippen molar-refractivity contribution in [2.24, 2.45) is 0 Å². The Hall–Kier alpha value is -2.78. The number of nitrogens with zero attached hydrogens (tertiary/aromatic N) is 3. The second-order valence-electron chi connectivity index (χ2n) is 7.38. The number of morpholine rings is 1. The van der Waals surface area contributed by atoms with Crippen LogP contribution in [0.1, 0.15) is 36.4 Å². The molecule has 1 atom stereocenters. The Morgan fingerprint density at radius 1 is 1.13 bits per heavy atom. The van der Waals surface area contributed by atoms with Gasteiger partial charge >= 0.3 is 11.9 Å². The summed E-state index contributed by atoms with van der Waals surface area (Å²) in [5.74, 6) is -3.26. The lowest BCUT2D eigenvalue weighted by Gasteiger charge is -2.29. The zero-order chi connectivity index (χ0) is 21.5. The van der Waals surface area contributed by atoms with Crippen LogP contribution in [-0.4, -0.2) is 69.7 Å². The number of aromatic nitrogens is 2. The third-order valence-corrected chi connectivity index (χ3v) is 5.46. The molecule has 1 aromatic heterocycles. The van der Waals surface area contributed by atoms with Crippen molar-refractivity contribution in [2.75, 3.05) is 32.8 Å². The summed E-state index contributed by atoms with van der Waals surface area (Å²) in [5.41, 5.74) is 3.64. The summed E-state index contributed by atoms with van der Waals surface area (Å²) in [6, 6.07) is 6.62. The Balaban J connectivity index is 0.000000377. The van der Waals surface area contributed by atoms with Gasteiger partial charge in [0.05, 0.1) is 25.1 Å². The van der Waals surface area contributed by atoms with Crippen molar-refractivity contribution in [2.45, 2.75) is 31.6 Å². The molecule has 30 heavy (non-hydrogen) atoms. The number of ether oxygens (including phenoxy) is 1. The molecule has 0 radical (unpaired) electrons. The van der Waals surface area contributed by atoms with E-state index in [1.807, 2.05) is 10.9 Å². The molecule has 1 aliphatic heterocycles. The van der Waals surface area contributed by atoms with Crippen LogP contribution in [-0.2, 0) is 20.7 Å². The van der Waals surface area contributed by atoms with E-state index in [-0.39, 0.29) is 5.82 Å². The molecule has 0 saturated carbocycles. The Morgan fingerprint density at radius 3 is 2.43 bits per heavy atom. The molecule has 0 bridgehead atoms. The number of carbonyl (C=O) groups is 2. The summed E-state index contributed by atoms with van der Waals surface area (Å²) in [5, 5.41) is 19.4. The fraction of sp³-hybridized carbons (Fsp3) is 0.476. The average Bonchev–Trinajstić information content (AvgIpc) is 3.19. The van der Waals surface area contributed by atoms with Crippen LogP contribution in [0.25, 0.3) is 5.69 Å². The number of hydrogen-bond donors (Lipinski definition) is 2. The Bertz CT molecular complexity index is 850. The molecule has 8 nitrogen and oxygen atoms in total. The van der Waals surface area contributed by atoms with Gasteiger partial charge in [-0.05, 0) is 68.0 Å². The van der Waals surface area contributed by atoms with E-state index in [4.69, 9.17) is 24.5 Å². The minimum atomic E-state index is -1.82. The first-order valence-electron chi connectivity index (χ1n) is 10.0. The molecule has 2 heterocycles. The monoisotopic (exact) mass is 419 g/mol. The van der Waals surface area contributed by atoms with Crippen molar-refractivity contribution < 1.29 is 28.9 Å². The summed E-state index contributed by atoms with van der Waals surface area (Å²) in [7, 11) is 0. The standard InChI is InChI=1S/C19H24FN3O.C2H2O4/c20-16-4-6-17(7-5-16)23-19-3-1-2-15(18(19)14-21-23)8-9-22-10-12-24-13-11-22;3-1(4)2(5)6/h4-7,14-15H,1-3,8-13H2;(H,3,4)(H,5,6). The zero-order valence-electron chi connectivity index (χ0n) is 16.7. The molecule has 1 aliphatic carbocycles. The van der Waals surface area contributed by atoms with Crippen LogP contribution < -0.4 is 0 Å². The molecule has 0 spiro atoms. The molecule has 1 aromatic carbocycles. The highest BCUT2D eigenvalue weighted by molar-refractivity contribution is 6.27. The number of benzene rings is 1. The quantitative estimate of drug-likeness (QED) is 0.733. The first kappa shape index (κ1) is 21.9. The molecule has 2 aromatic rings. The highest BCUT2D eigenvalue weighted by Crippen LogP contribution is 2.35. The van der Waals surface area contributed by atoms with Gasteiger partial charge in [0.2, 0.25) is 0 Å². The fourth-order valence-electron chi connectivity index (χ4n) is 3.92. The lowest BCUT2D eigenvalue weighted by molar-refractivity contribution is -0.159. The molecule has 162 valence electrons. The number of hydrogen-bond acceptors (Lipinski definition) is 5. The van der Waals surface area contributed by atoms with E-state index >= 15 is 0 Å². The van der Waals surface area contributed by atoms with Gasteiger partial charge in [0.25, 0.3) is 0 Å². The summed E-state index contributed by atoms with van der Waals surface area (Å²) in [6.07, 6.45) is 6.71. The molecular formula is C21H26FN3O5. The van der Waals surface area contributed by atoms with Crippen LogP contribution >= 0.6 is 0 Å². The summed E-state index contributed by atoms with van der Waals surface area (Å²) >= 11 is 0. The van der Waals surface area contributed by atoms with E-state index in [0.717, 1.165) is 45.0 Å². The highest BCUT2D eigenvalue weighted by Gasteiger charge is 2.25. The summed E-state index contributed by atoms with van der Waals surface area (Å²) in [6.45, 7) is 4.95. The molecule has 1 unspecified atom stereocenters. The van der Waals surface area contributed by atoms with E-state index in [0.29, 0.717) is 5.92 Å². The molecule has 2 aliphatic rings. The smallest absolute Gasteiger partial charge is 0.414 e. The first-order chi connectivity index (χ1) is 14.5. The van der Waals surface area contributed by atoms with Gasteiger partial charge in [-0.25, -0.2) is 18.7 Å². The van der Waals surface area contributed by atoms with Crippen LogP contribution in [0.3, 0.4) is 0 Å². The second-order valence-corrected chi connectivity index (χ2v) is 7.38. The largest absolute Gasteiger partial charge is 0.473 e. The van der Waals surface area contributed by atoms with E-state index in [1.165, 1.54) is 42.7 Å². The number of halogens is 1. The normalized spacial score (nSPS) is 18.8. The van der Waals surface area contributed by atoms with Crippen LogP contribution in [0.4, 0.5) is 4.39 Å². The Kier molecular flexibility index (Phi) is 7.53. The molecule has 9 heteroatoms. The van der Waals surface area contributed by atoms with Gasteiger partial charge in [-0.2, -0.15) is 5.10 Å². The lowest BCUT2D eigenvalue weighted by atomic mass is 9.84. The number of carboxylic acid groups (broad SMARTS) is 2. The van der Waals surface area contributed by atoms with Crippen molar-refractivity contribution in [3.63, 3.8) is 0 Å². The molecular weight excluding hydrogens is 393 g/mol. The van der Waals surface area contributed by atoms with E-state index < -0.39 is 11.9 Å². The first-order valence-corrected chi connectivity index (χ1v) is 10.0. The highest BCUT2D eigenvalue weighted by atomic mass is 19.1. The number of rotatable bonds is 4. The number of fused-ring (bicyclic) bond motifs is 1. The van der Waals surface area contributed by atoms with Crippen LogP contribution in [0.5, 0.6) is 0 Å². The van der Waals surface area contributed by atoms with Crippen molar-refractivity contribution in [3.05, 3.63) is 47.5 Å². The zero-order valence-corrected chi connectivity index (χ0v) is 16.7. The maximum atomic E-state index is 13.2. The van der Waals surface area contributed by atoms with E-state index in [1.54, 1.807) is 12.1 Å². The van der Waals surface area contributed by atoms with E-state index in [9.17, 15) is 4.39 Å². The van der Waals surface area contributed by atoms with Crippen molar-refractivity contribution in [1.29, 1.82) is 0 Å². The van der Waals surface area contributed by atoms with Crippen LogP contribution in [0, 0.1) is 5.82 Å². The summed E-state index contributed by atoms with van der Waals surface area (Å²) < 4.78 is 20.6. The fourth-order valence-corrected chi connectivity index (χ4v) is 3.92. The van der Waals surface area contributed by atoms with Crippen LogP contribution in [0.2, 0.25) is 0 Å². The Morgan fingerprint density at radius 2 is 1.80 bits per heavy atom. The van der Waals surface area contributed by atoms with Gasteiger partial charge in [0, 0.05) is 18.8 Å². The van der Waals surface area contributed by atoms with Gasteiger partial charge in [0.1, 0.15) is 5.82 Å². The third kappa shape index (κ3) is 5.64. The molecule has 1 saturated heterocycles. The predicted octanol–water partition coefficient (Wildman–Crippen LogP) is 2.31. The van der Waals surface area contributed by atoms with Gasteiger partial charge in [-0.15, -0.1) is 0 Å². The minimum absolute atomic E-state index is 0.205. The molecule has 4 rings (SSSR count). The second kappa shape index (κ2) is 10.3. The van der Waals surface area contributed by atoms with Gasteiger partial charge in [0.15, 0.2) is 0 Å². The SMILES string of the molecule is Fc1ccc(-n2ncc3c2CCCC3CCN2CCOCC2)cc1.O=C(O)C(=O)O. The average molecular weight is 419 g/mol. The van der Waals surface area contributed by atoms with E-state index in [2.05, 4.69) is 10.00 Å². The number of aliphatic carboxylic acids is 2. The van der Waals surface area contributed by atoms with Gasteiger partial charge in [-0.3, -0.25) is 4.90 Å². The maximum absolute atomic E-state index is 13.2. The lowest BCUT2D eigenvalue weighted by Crippen LogP contribution is -2.37. The predicted molar refractivity (Wildman–Crippen MR) is 106 cm³/mol.